The van der Waals surface area contributed by atoms with Crippen LogP contribution in [-0.4, -0.2) is 52.3 Å². The quantitative estimate of drug-likeness (QED) is 0.838. The second-order valence-corrected chi connectivity index (χ2v) is 7.14. The van der Waals surface area contributed by atoms with Crippen LogP contribution in [0.3, 0.4) is 0 Å². The third-order valence-corrected chi connectivity index (χ3v) is 5.02. The molecule has 2 aromatic rings. The predicted molar refractivity (Wildman–Crippen MR) is 95.7 cm³/mol. The summed E-state index contributed by atoms with van der Waals surface area (Å²) in [5, 5.41) is 3.09. The summed E-state index contributed by atoms with van der Waals surface area (Å²) in [4.78, 5) is 33.8. The summed E-state index contributed by atoms with van der Waals surface area (Å²) in [5.41, 5.74) is 1.86. The Morgan fingerprint density at radius 1 is 1.50 bits per heavy atom. The molecule has 2 atom stereocenters. The number of para-hydroxylation sites is 2. The molecule has 1 aromatic heterocycles. The van der Waals surface area contributed by atoms with Crippen LogP contribution < -0.4 is 5.32 Å². The van der Waals surface area contributed by atoms with Crippen molar-refractivity contribution >= 4 is 34.6 Å². The lowest BCUT2D eigenvalue weighted by molar-refractivity contribution is -0.128. The van der Waals surface area contributed by atoms with Crippen LogP contribution in [0.5, 0.6) is 0 Å². The largest absolute Gasteiger partial charge is 0.346 e. The molecule has 1 aromatic carbocycles. The first kappa shape index (κ1) is 16.8. The van der Waals surface area contributed by atoms with Gasteiger partial charge in [0.15, 0.2) is 0 Å². The molecule has 2 unspecified atom stereocenters. The molecule has 2 N–H and O–H groups in total. The van der Waals surface area contributed by atoms with Gasteiger partial charge in [-0.15, -0.1) is 0 Å². The average molecular weight is 346 g/mol. The van der Waals surface area contributed by atoms with Crippen LogP contribution in [0.1, 0.15) is 24.7 Å². The number of hydrogen-bond donors (Lipinski definition) is 2. The molecule has 0 bridgehead atoms. The van der Waals surface area contributed by atoms with Gasteiger partial charge in [0, 0.05) is 20.0 Å². The van der Waals surface area contributed by atoms with Gasteiger partial charge in [-0.05, 0) is 30.6 Å². The minimum atomic E-state index is -0.274. The van der Waals surface area contributed by atoms with E-state index in [2.05, 4.69) is 15.3 Å². The van der Waals surface area contributed by atoms with E-state index in [4.69, 9.17) is 0 Å². The number of fused-ring (bicyclic) bond motifs is 1. The van der Waals surface area contributed by atoms with Gasteiger partial charge >= 0.3 is 0 Å². The fraction of sp³-hybridized carbons (Fsp3) is 0.471. The number of hydrogen-bond acceptors (Lipinski definition) is 4. The third-order valence-electron chi connectivity index (χ3n) is 4.38. The maximum Gasteiger partial charge on any atom is 0.226 e. The Balaban J connectivity index is 1.76. The number of likely N-dealkylation sites (tertiary alicyclic amines) is 1. The normalized spacial score (nSPS) is 19.0. The van der Waals surface area contributed by atoms with Crippen molar-refractivity contribution in [1.82, 2.24) is 20.2 Å². The highest BCUT2D eigenvalue weighted by molar-refractivity contribution is 7.98. The topological polar surface area (TPSA) is 78.1 Å². The Hall–Kier alpha value is -2.02. The molecule has 0 radical (unpaired) electrons. The Labute approximate surface area is 145 Å². The molecule has 0 spiro atoms. The van der Waals surface area contributed by atoms with E-state index in [1.165, 1.54) is 0 Å². The van der Waals surface area contributed by atoms with Gasteiger partial charge in [0.05, 0.1) is 23.0 Å². The van der Waals surface area contributed by atoms with Gasteiger partial charge in [0.2, 0.25) is 11.8 Å². The van der Waals surface area contributed by atoms with Crippen LogP contribution in [0.25, 0.3) is 11.0 Å². The minimum Gasteiger partial charge on any atom is -0.346 e. The maximum absolute atomic E-state index is 12.6. The number of carbonyl (C=O) groups excluding carboxylic acids is 2. The van der Waals surface area contributed by atoms with Gasteiger partial charge in [0.25, 0.3) is 0 Å². The van der Waals surface area contributed by atoms with Crippen molar-refractivity contribution in [3.8, 4) is 0 Å². The molecule has 1 saturated heterocycles. The SMILES string of the molecule is CSCCC(NC(=O)C1CC(=O)N(C)C1)c1nc2ccccc2[nH]1. The lowest BCUT2D eigenvalue weighted by Gasteiger charge is -2.18. The van der Waals surface area contributed by atoms with Gasteiger partial charge < -0.3 is 15.2 Å². The van der Waals surface area contributed by atoms with Gasteiger partial charge in [0.1, 0.15) is 5.82 Å². The number of thioether (sulfide) groups is 1. The van der Waals surface area contributed by atoms with Crippen LogP contribution in [0.2, 0.25) is 0 Å². The van der Waals surface area contributed by atoms with Crippen LogP contribution >= 0.6 is 11.8 Å². The van der Waals surface area contributed by atoms with Gasteiger partial charge in [-0.1, -0.05) is 12.1 Å². The Morgan fingerprint density at radius 2 is 2.29 bits per heavy atom. The number of benzene rings is 1. The fourth-order valence-electron chi connectivity index (χ4n) is 2.98. The van der Waals surface area contributed by atoms with Crippen LogP contribution in [0, 0.1) is 5.92 Å². The highest BCUT2D eigenvalue weighted by atomic mass is 32.2. The molecule has 0 aliphatic carbocycles. The van der Waals surface area contributed by atoms with E-state index in [1.807, 2.05) is 30.5 Å². The molecule has 1 fully saturated rings. The summed E-state index contributed by atoms with van der Waals surface area (Å²) in [6.07, 6.45) is 3.13. The molecule has 7 heteroatoms. The lowest BCUT2D eigenvalue weighted by atomic mass is 10.1. The number of nitrogens with zero attached hydrogens (tertiary/aromatic N) is 2. The summed E-state index contributed by atoms with van der Waals surface area (Å²) < 4.78 is 0. The number of amides is 2. The lowest BCUT2D eigenvalue weighted by Crippen LogP contribution is -2.35. The molecule has 3 rings (SSSR count). The smallest absolute Gasteiger partial charge is 0.226 e. The number of nitrogens with one attached hydrogen (secondary N) is 2. The van der Waals surface area contributed by atoms with Crippen molar-refractivity contribution in [3.63, 3.8) is 0 Å². The Kier molecular flexibility index (Phi) is 5.08. The van der Waals surface area contributed by atoms with E-state index >= 15 is 0 Å². The zero-order valence-electron chi connectivity index (χ0n) is 13.9. The molecule has 24 heavy (non-hydrogen) atoms. The predicted octanol–water partition coefficient (Wildman–Crippen LogP) is 1.95. The van der Waals surface area contributed by atoms with Crippen molar-refractivity contribution in [1.29, 1.82) is 0 Å². The van der Waals surface area contributed by atoms with Crippen LogP contribution in [0.4, 0.5) is 0 Å². The molecule has 6 nitrogen and oxygen atoms in total. The number of imidazole rings is 1. The summed E-state index contributed by atoms with van der Waals surface area (Å²) in [7, 11) is 1.74. The van der Waals surface area contributed by atoms with Crippen LogP contribution in [-0.2, 0) is 9.59 Å². The number of H-pyrrole nitrogens is 1. The maximum atomic E-state index is 12.6. The van der Waals surface area contributed by atoms with E-state index in [1.54, 1.807) is 23.7 Å². The molecule has 0 saturated carbocycles. The van der Waals surface area contributed by atoms with Crippen molar-refractivity contribution in [2.24, 2.45) is 5.92 Å². The average Bonchev–Trinajstić information content (AvgIpc) is 3.15. The molecular formula is C17H22N4O2S. The van der Waals surface area contributed by atoms with Gasteiger partial charge in [-0.2, -0.15) is 11.8 Å². The first-order valence-corrected chi connectivity index (χ1v) is 9.45. The summed E-state index contributed by atoms with van der Waals surface area (Å²) >= 11 is 1.74. The van der Waals surface area contributed by atoms with Crippen molar-refractivity contribution in [2.75, 3.05) is 25.6 Å². The Bertz CT molecular complexity index is 712. The van der Waals surface area contributed by atoms with E-state index < -0.39 is 0 Å². The van der Waals surface area contributed by atoms with E-state index in [0.717, 1.165) is 29.0 Å². The van der Waals surface area contributed by atoms with Crippen molar-refractivity contribution in [3.05, 3.63) is 30.1 Å². The highest BCUT2D eigenvalue weighted by Crippen LogP contribution is 2.22. The summed E-state index contributed by atoms with van der Waals surface area (Å²) in [5.74, 6) is 1.38. The molecule has 1 aliphatic rings. The highest BCUT2D eigenvalue weighted by Gasteiger charge is 2.33. The van der Waals surface area contributed by atoms with Gasteiger partial charge in [-0.25, -0.2) is 4.98 Å². The molecule has 1 aliphatic heterocycles. The standard InChI is InChI=1S/C17H22N4O2S/c1-21-10-11(9-15(21)22)17(23)20-14(7-8-24-2)16-18-12-5-3-4-6-13(12)19-16/h3-6,11,14H,7-10H2,1-2H3,(H,18,19)(H,20,23). The number of aromatic nitrogens is 2. The fourth-order valence-corrected chi connectivity index (χ4v) is 3.45. The summed E-state index contributed by atoms with van der Waals surface area (Å²) in [6, 6.07) is 7.66. The monoisotopic (exact) mass is 346 g/mol. The van der Waals surface area contributed by atoms with Gasteiger partial charge in [-0.3, -0.25) is 9.59 Å². The molecule has 2 amide bonds. The first-order chi connectivity index (χ1) is 11.6. The summed E-state index contributed by atoms with van der Waals surface area (Å²) in [6.45, 7) is 0.486. The molecule has 128 valence electrons. The van der Waals surface area contributed by atoms with E-state index in [-0.39, 0.29) is 30.2 Å². The number of rotatable bonds is 6. The second kappa shape index (κ2) is 7.25. The second-order valence-electron chi connectivity index (χ2n) is 6.16. The van der Waals surface area contributed by atoms with E-state index in [0.29, 0.717) is 6.54 Å². The minimum absolute atomic E-state index is 0.0274. The molecular weight excluding hydrogens is 324 g/mol. The van der Waals surface area contributed by atoms with Crippen molar-refractivity contribution < 1.29 is 9.59 Å². The van der Waals surface area contributed by atoms with Crippen LogP contribution in [0.15, 0.2) is 24.3 Å². The zero-order chi connectivity index (χ0) is 17.1. The molecule has 2 heterocycles. The number of carbonyl (C=O) groups is 2. The number of aromatic amines is 1. The zero-order valence-corrected chi connectivity index (χ0v) is 14.7. The first-order valence-electron chi connectivity index (χ1n) is 8.06. The van der Waals surface area contributed by atoms with Crippen molar-refractivity contribution in [2.45, 2.75) is 18.9 Å². The van der Waals surface area contributed by atoms with E-state index in [9.17, 15) is 9.59 Å². The Morgan fingerprint density at radius 3 is 2.96 bits per heavy atom. The third kappa shape index (κ3) is 3.56.